The van der Waals surface area contributed by atoms with Gasteiger partial charge in [-0.3, -0.25) is 4.79 Å². The van der Waals surface area contributed by atoms with Crippen molar-refractivity contribution in [3.63, 3.8) is 0 Å². The minimum Gasteiger partial charge on any atom is -0.390 e. The highest BCUT2D eigenvalue weighted by atomic mass is 16.3. The predicted octanol–water partition coefficient (Wildman–Crippen LogP) is 0.674. The zero-order chi connectivity index (χ0) is 9.19. The van der Waals surface area contributed by atoms with Crippen molar-refractivity contribution in [1.82, 2.24) is 5.32 Å². The topological polar surface area (TPSA) is 49.3 Å². The van der Waals surface area contributed by atoms with Gasteiger partial charge in [0.25, 0.3) is 0 Å². The van der Waals surface area contributed by atoms with E-state index in [9.17, 15) is 9.90 Å². The summed E-state index contributed by atoms with van der Waals surface area (Å²) in [5, 5.41) is 12.5. The lowest BCUT2D eigenvalue weighted by Crippen LogP contribution is -2.30. The summed E-state index contributed by atoms with van der Waals surface area (Å²) < 4.78 is 0. The minimum atomic E-state index is -0.674. The van der Waals surface area contributed by atoms with Gasteiger partial charge in [-0.05, 0) is 26.2 Å². The molecule has 0 aromatic heterocycles. The van der Waals surface area contributed by atoms with E-state index in [1.807, 2.05) is 6.92 Å². The zero-order valence-corrected chi connectivity index (χ0v) is 7.76. The molecule has 1 saturated heterocycles. The van der Waals surface area contributed by atoms with Crippen molar-refractivity contribution >= 4 is 5.91 Å². The lowest BCUT2D eigenvalue weighted by atomic mass is 9.89. The molecular weight excluding hydrogens is 154 g/mol. The summed E-state index contributed by atoms with van der Waals surface area (Å²) in [6.45, 7) is 4.49. The third kappa shape index (κ3) is 2.21. The number of hydrogen-bond acceptors (Lipinski definition) is 2. The first-order chi connectivity index (χ1) is 5.55. The molecule has 2 atom stereocenters. The van der Waals surface area contributed by atoms with Crippen molar-refractivity contribution in [2.24, 2.45) is 5.92 Å². The van der Waals surface area contributed by atoms with Crippen LogP contribution in [0.3, 0.4) is 0 Å². The molecule has 0 spiro atoms. The van der Waals surface area contributed by atoms with Crippen molar-refractivity contribution < 1.29 is 9.90 Å². The van der Waals surface area contributed by atoms with Crippen molar-refractivity contribution in [3.8, 4) is 0 Å². The molecule has 1 heterocycles. The summed E-state index contributed by atoms with van der Waals surface area (Å²) in [4.78, 5) is 11.1. The van der Waals surface area contributed by atoms with Crippen LogP contribution in [0.2, 0.25) is 0 Å². The molecule has 12 heavy (non-hydrogen) atoms. The van der Waals surface area contributed by atoms with Gasteiger partial charge in [-0.1, -0.05) is 6.92 Å². The van der Waals surface area contributed by atoms with Gasteiger partial charge in [0.2, 0.25) is 5.91 Å². The molecule has 3 nitrogen and oxygen atoms in total. The molecule has 0 aromatic rings. The number of aliphatic hydroxyl groups is 1. The third-order valence-corrected chi connectivity index (χ3v) is 2.61. The van der Waals surface area contributed by atoms with Crippen molar-refractivity contribution in [2.75, 3.05) is 6.54 Å². The van der Waals surface area contributed by atoms with E-state index in [-0.39, 0.29) is 11.8 Å². The largest absolute Gasteiger partial charge is 0.390 e. The summed E-state index contributed by atoms with van der Waals surface area (Å²) in [7, 11) is 0. The molecule has 1 rings (SSSR count). The maximum atomic E-state index is 11.1. The highest BCUT2D eigenvalue weighted by molar-refractivity contribution is 5.80. The number of hydrogen-bond donors (Lipinski definition) is 2. The molecule has 0 saturated carbocycles. The van der Waals surface area contributed by atoms with Gasteiger partial charge < -0.3 is 10.4 Å². The number of rotatable bonds is 3. The Balaban J connectivity index is 2.45. The molecular formula is C9H17NO2. The molecule has 0 bridgehead atoms. The van der Waals surface area contributed by atoms with Gasteiger partial charge in [-0.15, -0.1) is 0 Å². The first kappa shape index (κ1) is 9.52. The van der Waals surface area contributed by atoms with E-state index in [4.69, 9.17) is 0 Å². The average molecular weight is 171 g/mol. The van der Waals surface area contributed by atoms with Gasteiger partial charge in [0.1, 0.15) is 0 Å². The van der Waals surface area contributed by atoms with Crippen molar-refractivity contribution in [3.05, 3.63) is 0 Å². The molecule has 0 aromatic carbocycles. The molecule has 2 N–H and O–H groups in total. The number of amides is 1. The Labute approximate surface area is 73.2 Å². The van der Waals surface area contributed by atoms with Gasteiger partial charge in [0.15, 0.2) is 0 Å². The fourth-order valence-corrected chi connectivity index (χ4v) is 1.51. The maximum absolute atomic E-state index is 11.1. The normalized spacial score (nSPS) is 28.2. The number of carbonyl (C=O) groups excluding carboxylic acids is 1. The Hall–Kier alpha value is -0.570. The third-order valence-electron chi connectivity index (χ3n) is 2.61. The van der Waals surface area contributed by atoms with E-state index >= 15 is 0 Å². The van der Waals surface area contributed by atoms with Crippen LogP contribution < -0.4 is 5.32 Å². The van der Waals surface area contributed by atoms with Crippen LogP contribution in [0.4, 0.5) is 0 Å². The molecule has 2 unspecified atom stereocenters. The highest BCUT2D eigenvalue weighted by Gasteiger charge is 2.31. The van der Waals surface area contributed by atoms with Crippen LogP contribution in [0.25, 0.3) is 0 Å². The Bertz CT molecular complexity index is 177. The van der Waals surface area contributed by atoms with E-state index in [2.05, 4.69) is 5.32 Å². The predicted molar refractivity (Wildman–Crippen MR) is 46.6 cm³/mol. The van der Waals surface area contributed by atoms with Crippen LogP contribution in [-0.2, 0) is 4.79 Å². The summed E-state index contributed by atoms with van der Waals surface area (Å²) in [6, 6.07) is 0. The zero-order valence-electron chi connectivity index (χ0n) is 7.76. The van der Waals surface area contributed by atoms with E-state index < -0.39 is 5.60 Å². The standard InChI is InChI=1S/C9H17NO2/c1-3-9(2,12)6-7-4-5-10-8(7)11/h7,12H,3-6H2,1-2H3,(H,10,11). The molecule has 1 fully saturated rings. The molecule has 0 radical (unpaired) electrons. The lowest BCUT2D eigenvalue weighted by Gasteiger charge is -2.23. The molecule has 1 amide bonds. The van der Waals surface area contributed by atoms with E-state index in [1.54, 1.807) is 6.92 Å². The quantitative estimate of drug-likeness (QED) is 0.656. The van der Waals surface area contributed by atoms with Gasteiger partial charge in [-0.25, -0.2) is 0 Å². The van der Waals surface area contributed by atoms with Gasteiger partial charge in [0.05, 0.1) is 5.60 Å². The molecule has 70 valence electrons. The number of carbonyl (C=O) groups is 1. The number of nitrogens with one attached hydrogen (secondary N) is 1. The summed E-state index contributed by atoms with van der Waals surface area (Å²) in [6.07, 6.45) is 2.17. The molecule has 1 aliphatic rings. The average Bonchev–Trinajstić information content (AvgIpc) is 2.36. The monoisotopic (exact) mass is 171 g/mol. The van der Waals surface area contributed by atoms with Crippen LogP contribution in [0.5, 0.6) is 0 Å². The second kappa shape index (κ2) is 3.44. The lowest BCUT2D eigenvalue weighted by molar-refractivity contribution is -0.124. The van der Waals surface area contributed by atoms with E-state index in [0.29, 0.717) is 12.8 Å². The summed E-state index contributed by atoms with van der Waals surface area (Å²) in [5.74, 6) is 0.128. The van der Waals surface area contributed by atoms with Crippen LogP contribution in [0.1, 0.15) is 33.1 Å². The summed E-state index contributed by atoms with van der Waals surface area (Å²) in [5.41, 5.74) is -0.674. The second-order valence-electron chi connectivity index (χ2n) is 3.83. The van der Waals surface area contributed by atoms with Gasteiger partial charge in [-0.2, -0.15) is 0 Å². The Morgan fingerprint density at radius 1 is 1.75 bits per heavy atom. The SMILES string of the molecule is CCC(C)(O)CC1CCNC1=O. The Morgan fingerprint density at radius 2 is 2.42 bits per heavy atom. The van der Waals surface area contributed by atoms with Gasteiger partial charge >= 0.3 is 0 Å². The highest BCUT2D eigenvalue weighted by Crippen LogP contribution is 2.24. The van der Waals surface area contributed by atoms with Crippen molar-refractivity contribution in [1.29, 1.82) is 0 Å². The fraction of sp³-hybridized carbons (Fsp3) is 0.889. The fourth-order valence-electron chi connectivity index (χ4n) is 1.51. The first-order valence-electron chi connectivity index (χ1n) is 4.55. The minimum absolute atomic E-state index is 0.0277. The Morgan fingerprint density at radius 3 is 2.83 bits per heavy atom. The molecule has 3 heteroatoms. The van der Waals surface area contributed by atoms with Crippen LogP contribution in [0.15, 0.2) is 0 Å². The first-order valence-corrected chi connectivity index (χ1v) is 4.55. The molecule has 1 aliphatic heterocycles. The smallest absolute Gasteiger partial charge is 0.223 e. The van der Waals surface area contributed by atoms with Crippen LogP contribution >= 0.6 is 0 Å². The van der Waals surface area contributed by atoms with Gasteiger partial charge in [0, 0.05) is 12.5 Å². The Kier molecular flexibility index (Phi) is 2.73. The van der Waals surface area contributed by atoms with E-state index in [1.165, 1.54) is 0 Å². The molecule has 0 aliphatic carbocycles. The maximum Gasteiger partial charge on any atom is 0.223 e. The van der Waals surface area contributed by atoms with Crippen molar-refractivity contribution in [2.45, 2.75) is 38.7 Å². The van der Waals surface area contributed by atoms with Crippen LogP contribution in [0, 0.1) is 5.92 Å². The second-order valence-corrected chi connectivity index (χ2v) is 3.83. The summed E-state index contributed by atoms with van der Waals surface area (Å²) >= 11 is 0. The van der Waals surface area contributed by atoms with E-state index in [0.717, 1.165) is 13.0 Å². The van der Waals surface area contributed by atoms with Crippen LogP contribution in [-0.4, -0.2) is 23.2 Å².